The Labute approximate surface area is 187 Å². The van der Waals surface area contributed by atoms with Crippen LogP contribution >= 0.6 is 11.6 Å². The van der Waals surface area contributed by atoms with E-state index in [2.05, 4.69) is 4.98 Å². The van der Waals surface area contributed by atoms with Crippen LogP contribution in [0.5, 0.6) is 0 Å². The predicted molar refractivity (Wildman–Crippen MR) is 113 cm³/mol. The lowest BCUT2D eigenvalue weighted by atomic mass is 10.0. The first-order chi connectivity index (χ1) is 15.0. The summed E-state index contributed by atoms with van der Waals surface area (Å²) in [6, 6.07) is 4.45. The topological polar surface area (TPSA) is 107 Å². The molecule has 1 amide bonds. The minimum atomic E-state index is -4.30. The van der Waals surface area contributed by atoms with Gasteiger partial charge in [-0.25, -0.2) is 27.3 Å². The number of nitrogens with zero attached hydrogens (tertiary/aromatic N) is 3. The van der Waals surface area contributed by atoms with Gasteiger partial charge in [0, 0.05) is 43.7 Å². The second-order valence-corrected chi connectivity index (χ2v) is 9.45. The highest BCUT2D eigenvalue weighted by Crippen LogP contribution is 2.33. The smallest absolute Gasteiger partial charge is 0.238 e. The Bertz CT molecular complexity index is 1310. The number of carbonyl (C=O) groups is 1. The minimum absolute atomic E-state index is 0.0215. The first-order valence-corrected chi connectivity index (χ1v) is 11.5. The van der Waals surface area contributed by atoms with Crippen molar-refractivity contribution in [3.05, 3.63) is 52.8 Å². The largest absolute Gasteiger partial charge is 0.374 e. The van der Waals surface area contributed by atoms with Crippen molar-refractivity contribution in [3.8, 4) is 11.3 Å². The van der Waals surface area contributed by atoms with Gasteiger partial charge in [0.1, 0.15) is 17.3 Å². The highest BCUT2D eigenvalue weighted by Gasteiger charge is 2.28. The van der Waals surface area contributed by atoms with E-state index in [1.54, 1.807) is 21.6 Å². The van der Waals surface area contributed by atoms with Gasteiger partial charge in [0.2, 0.25) is 15.9 Å². The van der Waals surface area contributed by atoms with Gasteiger partial charge in [-0.05, 0) is 18.2 Å². The number of benzene rings is 1. The van der Waals surface area contributed by atoms with Gasteiger partial charge in [-0.2, -0.15) is 0 Å². The lowest BCUT2D eigenvalue weighted by Crippen LogP contribution is -2.45. The molecule has 1 fully saturated rings. The van der Waals surface area contributed by atoms with Crippen LogP contribution in [-0.4, -0.2) is 54.4 Å². The van der Waals surface area contributed by atoms with Crippen LogP contribution in [0.15, 0.2) is 35.4 Å². The molecule has 0 saturated carbocycles. The number of imidazole rings is 1. The van der Waals surface area contributed by atoms with Crippen molar-refractivity contribution < 1.29 is 26.7 Å². The molecule has 0 spiro atoms. The molecule has 3 aromatic rings. The van der Waals surface area contributed by atoms with Gasteiger partial charge in [0.25, 0.3) is 0 Å². The number of aromatic nitrogens is 2. The van der Waals surface area contributed by atoms with E-state index in [9.17, 15) is 22.0 Å². The van der Waals surface area contributed by atoms with Crippen molar-refractivity contribution in [2.24, 2.45) is 5.14 Å². The monoisotopic (exact) mass is 484 g/mol. The number of nitrogens with two attached hydrogens (primary N) is 1. The fourth-order valence-corrected chi connectivity index (χ4v) is 4.44. The van der Waals surface area contributed by atoms with E-state index in [-0.39, 0.29) is 18.0 Å². The Morgan fingerprint density at radius 2 is 2.00 bits per heavy atom. The number of fused-ring (bicyclic) bond motifs is 1. The van der Waals surface area contributed by atoms with Gasteiger partial charge >= 0.3 is 0 Å². The number of carbonyl (C=O) groups excluding carboxylic acids is 1. The lowest BCUT2D eigenvalue weighted by Gasteiger charge is -2.32. The van der Waals surface area contributed by atoms with Crippen molar-refractivity contribution >= 4 is 33.2 Å². The molecule has 1 atom stereocenters. The van der Waals surface area contributed by atoms with Crippen LogP contribution in [0, 0.1) is 11.6 Å². The Kier molecular flexibility index (Phi) is 5.93. The zero-order valence-corrected chi connectivity index (χ0v) is 18.5. The van der Waals surface area contributed by atoms with E-state index in [1.165, 1.54) is 13.0 Å². The molecular formula is C20H19ClF2N4O4S. The number of pyridine rings is 1. The second kappa shape index (κ2) is 8.39. The third kappa shape index (κ3) is 4.33. The number of hydrogen-bond acceptors (Lipinski definition) is 5. The summed E-state index contributed by atoms with van der Waals surface area (Å²) in [6.45, 7) is 2.56. The maximum absolute atomic E-state index is 14.9. The summed E-state index contributed by atoms with van der Waals surface area (Å²) in [6.07, 6.45) is 1.37. The summed E-state index contributed by atoms with van der Waals surface area (Å²) in [4.78, 5) is 17.1. The molecule has 1 aliphatic rings. The number of primary sulfonamides is 1. The fraction of sp³-hybridized carbons (Fsp3) is 0.300. The Hall–Kier alpha value is -2.60. The van der Waals surface area contributed by atoms with Crippen molar-refractivity contribution in [2.75, 3.05) is 19.7 Å². The third-order valence-corrected chi connectivity index (χ3v) is 6.40. The average Bonchev–Trinajstić information content (AvgIpc) is 3.04. The van der Waals surface area contributed by atoms with Gasteiger partial charge < -0.3 is 14.0 Å². The Morgan fingerprint density at radius 1 is 1.31 bits per heavy atom. The summed E-state index contributed by atoms with van der Waals surface area (Å²) in [5.74, 6) is -2.35. The number of sulfonamides is 1. The SMILES string of the molecule is CC(=O)N1CCOC(Cc2c(-c3c(F)cc(S(N)(=O)=O)cc3F)nc3cc(Cl)ccn23)C1. The number of halogens is 3. The van der Waals surface area contributed by atoms with Crippen LogP contribution in [-0.2, 0) is 26.0 Å². The zero-order valence-electron chi connectivity index (χ0n) is 16.9. The van der Waals surface area contributed by atoms with Crippen LogP contribution in [0.2, 0.25) is 5.02 Å². The van der Waals surface area contributed by atoms with Crippen molar-refractivity contribution in [1.29, 1.82) is 0 Å². The van der Waals surface area contributed by atoms with Gasteiger partial charge in [0.05, 0.1) is 34.6 Å². The number of morpholine rings is 1. The number of ether oxygens (including phenoxy) is 1. The van der Waals surface area contributed by atoms with Crippen LogP contribution in [0.4, 0.5) is 8.78 Å². The minimum Gasteiger partial charge on any atom is -0.374 e. The molecule has 1 aromatic carbocycles. The van der Waals surface area contributed by atoms with Crippen molar-refractivity contribution in [2.45, 2.75) is 24.3 Å². The van der Waals surface area contributed by atoms with E-state index in [1.807, 2.05) is 0 Å². The van der Waals surface area contributed by atoms with Gasteiger partial charge in [-0.3, -0.25) is 4.79 Å². The predicted octanol–water partition coefficient (Wildman–Crippen LogP) is 2.37. The maximum Gasteiger partial charge on any atom is 0.238 e. The van der Waals surface area contributed by atoms with Gasteiger partial charge in [-0.15, -0.1) is 0 Å². The summed E-state index contributed by atoms with van der Waals surface area (Å²) < 4.78 is 60.4. The van der Waals surface area contributed by atoms with Crippen LogP contribution in [0.25, 0.3) is 16.9 Å². The van der Waals surface area contributed by atoms with E-state index < -0.39 is 38.2 Å². The molecule has 32 heavy (non-hydrogen) atoms. The molecule has 1 aliphatic heterocycles. The molecule has 2 N–H and O–H groups in total. The molecule has 0 bridgehead atoms. The normalized spacial score (nSPS) is 17.2. The number of rotatable bonds is 4. The van der Waals surface area contributed by atoms with E-state index in [0.29, 0.717) is 48.2 Å². The van der Waals surface area contributed by atoms with Crippen molar-refractivity contribution in [1.82, 2.24) is 14.3 Å². The molecule has 8 nitrogen and oxygen atoms in total. The van der Waals surface area contributed by atoms with Crippen LogP contribution < -0.4 is 5.14 Å². The molecule has 12 heteroatoms. The van der Waals surface area contributed by atoms with Gasteiger partial charge in [0.15, 0.2) is 0 Å². The lowest BCUT2D eigenvalue weighted by molar-refractivity contribution is -0.136. The first-order valence-electron chi connectivity index (χ1n) is 9.60. The highest BCUT2D eigenvalue weighted by molar-refractivity contribution is 7.89. The Morgan fingerprint density at radius 3 is 2.62 bits per heavy atom. The molecule has 170 valence electrons. The molecule has 4 rings (SSSR count). The summed E-state index contributed by atoms with van der Waals surface area (Å²) in [5, 5.41) is 5.39. The van der Waals surface area contributed by atoms with E-state index >= 15 is 0 Å². The molecule has 3 heterocycles. The Balaban J connectivity index is 1.85. The van der Waals surface area contributed by atoms with E-state index in [4.69, 9.17) is 21.5 Å². The first kappa shape index (κ1) is 22.6. The fourth-order valence-electron chi connectivity index (χ4n) is 3.75. The average molecular weight is 485 g/mol. The maximum atomic E-state index is 14.9. The second-order valence-electron chi connectivity index (χ2n) is 7.45. The number of amides is 1. The molecular weight excluding hydrogens is 466 g/mol. The summed E-state index contributed by atoms with van der Waals surface area (Å²) >= 11 is 6.05. The molecule has 0 aliphatic carbocycles. The zero-order chi connectivity index (χ0) is 23.2. The molecule has 1 unspecified atom stereocenters. The highest BCUT2D eigenvalue weighted by atomic mass is 35.5. The van der Waals surface area contributed by atoms with Gasteiger partial charge in [-0.1, -0.05) is 11.6 Å². The molecule has 1 saturated heterocycles. The summed E-state index contributed by atoms with van der Waals surface area (Å²) in [5.41, 5.74) is 0.252. The van der Waals surface area contributed by atoms with E-state index in [0.717, 1.165) is 0 Å². The summed E-state index contributed by atoms with van der Waals surface area (Å²) in [7, 11) is -4.30. The molecule has 0 radical (unpaired) electrons. The van der Waals surface area contributed by atoms with Crippen LogP contribution in [0.3, 0.4) is 0 Å². The number of hydrogen-bond donors (Lipinski definition) is 1. The standard InChI is InChI=1S/C20H19ClF2N4O4S/c1-11(28)26-4-5-31-13(10-26)7-17-20(25-18-6-12(21)2-3-27(17)18)19-15(22)8-14(9-16(19)23)32(24,29)30/h2-3,6,8-9,13H,4-5,7,10H2,1H3,(H2,24,29,30). The quantitative estimate of drug-likeness (QED) is 0.611. The molecule has 2 aromatic heterocycles. The van der Waals surface area contributed by atoms with Crippen LogP contribution in [0.1, 0.15) is 12.6 Å². The van der Waals surface area contributed by atoms with Crippen molar-refractivity contribution in [3.63, 3.8) is 0 Å². The third-order valence-electron chi connectivity index (χ3n) is 5.27.